The van der Waals surface area contributed by atoms with Gasteiger partial charge in [-0.1, -0.05) is 13.3 Å². The highest BCUT2D eigenvalue weighted by molar-refractivity contribution is 5.76. The summed E-state index contributed by atoms with van der Waals surface area (Å²) in [5.41, 5.74) is 1.02. The Hall–Kier alpha value is -2.11. The van der Waals surface area contributed by atoms with Crippen LogP contribution in [-0.2, 0) is 4.79 Å². The number of benzene rings is 1. The molecule has 6 heteroatoms. The molecular weight excluding hydrogens is 308 g/mol. The number of nitrogens with zero attached hydrogens (tertiary/aromatic N) is 2. The molecule has 134 valence electrons. The van der Waals surface area contributed by atoms with E-state index in [0.29, 0.717) is 23.7 Å². The number of amides is 1. The zero-order valence-corrected chi connectivity index (χ0v) is 15.1. The van der Waals surface area contributed by atoms with Gasteiger partial charge in [-0.25, -0.2) is 0 Å². The van der Waals surface area contributed by atoms with Crippen LogP contribution in [0.25, 0.3) is 0 Å². The molecule has 0 N–H and O–H groups in total. The van der Waals surface area contributed by atoms with Gasteiger partial charge < -0.3 is 24.0 Å². The molecule has 1 saturated heterocycles. The molecular formula is C18H28N2O4. The van der Waals surface area contributed by atoms with E-state index in [0.717, 1.165) is 44.7 Å². The van der Waals surface area contributed by atoms with Crippen LogP contribution in [0.2, 0.25) is 0 Å². The molecule has 1 fully saturated rings. The van der Waals surface area contributed by atoms with Crippen molar-refractivity contribution in [2.45, 2.75) is 26.2 Å². The number of anilines is 1. The monoisotopic (exact) mass is 336 g/mol. The predicted octanol–water partition coefficient (Wildman–Crippen LogP) is 2.55. The highest BCUT2D eigenvalue weighted by Gasteiger charge is 2.23. The molecule has 1 aliphatic heterocycles. The summed E-state index contributed by atoms with van der Waals surface area (Å²) in [5, 5.41) is 0. The van der Waals surface area contributed by atoms with Crippen LogP contribution in [0.5, 0.6) is 17.2 Å². The van der Waals surface area contributed by atoms with Crippen LogP contribution in [0.15, 0.2) is 12.1 Å². The zero-order valence-electron chi connectivity index (χ0n) is 15.1. The fourth-order valence-electron chi connectivity index (χ4n) is 2.95. The van der Waals surface area contributed by atoms with Gasteiger partial charge in [0.25, 0.3) is 0 Å². The van der Waals surface area contributed by atoms with Gasteiger partial charge >= 0.3 is 0 Å². The number of carbonyl (C=O) groups is 1. The molecule has 0 spiro atoms. The zero-order chi connectivity index (χ0) is 17.5. The average Bonchev–Trinajstić information content (AvgIpc) is 2.64. The maximum absolute atomic E-state index is 12.1. The second-order valence-corrected chi connectivity index (χ2v) is 5.85. The number of methoxy groups -OCH3 is 3. The number of piperazine rings is 1. The third-order valence-electron chi connectivity index (χ3n) is 4.39. The molecule has 0 radical (unpaired) electrons. The van der Waals surface area contributed by atoms with Gasteiger partial charge in [0, 0.05) is 50.4 Å². The average molecular weight is 336 g/mol. The minimum absolute atomic E-state index is 0.265. The van der Waals surface area contributed by atoms with Crippen molar-refractivity contribution in [2.24, 2.45) is 0 Å². The molecule has 24 heavy (non-hydrogen) atoms. The third kappa shape index (κ3) is 4.04. The molecule has 0 aromatic heterocycles. The van der Waals surface area contributed by atoms with Gasteiger partial charge in [-0.05, 0) is 6.42 Å². The summed E-state index contributed by atoms with van der Waals surface area (Å²) in [6, 6.07) is 3.91. The standard InChI is InChI=1S/C18H28N2O4/c1-5-6-7-17(21)20-10-8-19(9-11-20)14-12-15(22-2)18(24-4)16(13-14)23-3/h12-13H,5-11H2,1-4H3. The molecule has 0 saturated carbocycles. The third-order valence-corrected chi connectivity index (χ3v) is 4.39. The van der Waals surface area contributed by atoms with Gasteiger partial charge in [0.2, 0.25) is 11.7 Å². The largest absolute Gasteiger partial charge is 0.493 e. The van der Waals surface area contributed by atoms with E-state index in [4.69, 9.17) is 14.2 Å². The topological polar surface area (TPSA) is 51.2 Å². The van der Waals surface area contributed by atoms with E-state index in [2.05, 4.69) is 11.8 Å². The molecule has 1 aromatic rings. The second kappa shape index (κ2) is 8.66. The minimum atomic E-state index is 0.265. The van der Waals surface area contributed by atoms with Crippen molar-refractivity contribution >= 4 is 11.6 Å². The SMILES string of the molecule is CCCCC(=O)N1CCN(c2cc(OC)c(OC)c(OC)c2)CC1. The molecule has 0 aliphatic carbocycles. The Bertz CT molecular complexity index is 529. The van der Waals surface area contributed by atoms with Crippen molar-refractivity contribution in [2.75, 3.05) is 52.4 Å². The van der Waals surface area contributed by atoms with E-state index in [-0.39, 0.29) is 5.91 Å². The van der Waals surface area contributed by atoms with Gasteiger partial charge in [-0.2, -0.15) is 0 Å². The minimum Gasteiger partial charge on any atom is -0.493 e. The first-order valence-corrected chi connectivity index (χ1v) is 8.47. The Balaban J connectivity index is 2.07. The summed E-state index contributed by atoms with van der Waals surface area (Å²) in [5.74, 6) is 2.15. The Morgan fingerprint density at radius 3 is 2.04 bits per heavy atom. The first kappa shape index (κ1) is 18.2. The fourth-order valence-corrected chi connectivity index (χ4v) is 2.95. The molecule has 0 unspecified atom stereocenters. The lowest BCUT2D eigenvalue weighted by molar-refractivity contribution is -0.131. The maximum atomic E-state index is 12.1. The lowest BCUT2D eigenvalue weighted by Crippen LogP contribution is -2.48. The van der Waals surface area contributed by atoms with Gasteiger partial charge in [-0.15, -0.1) is 0 Å². The Labute approximate surface area is 144 Å². The number of hydrogen-bond donors (Lipinski definition) is 0. The Morgan fingerprint density at radius 2 is 1.58 bits per heavy atom. The van der Waals surface area contributed by atoms with Gasteiger partial charge in [0.15, 0.2) is 11.5 Å². The van der Waals surface area contributed by atoms with Crippen LogP contribution >= 0.6 is 0 Å². The van der Waals surface area contributed by atoms with Crippen molar-refractivity contribution < 1.29 is 19.0 Å². The molecule has 2 rings (SSSR count). The number of unbranched alkanes of at least 4 members (excludes halogenated alkanes) is 1. The number of rotatable bonds is 7. The quantitative estimate of drug-likeness (QED) is 0.766. The van der Waals surface area contributed by atoms with E-state index in [9.17, 15) is 4.79 Å². The van der Waals surface area contributed by atoms with Crippen LogP contribution in [0.4, 0.5) is 5.69 Å². The van der Waals surface area contributed by atoms with Crippen molar-refractivity contribution in [1.82, 2.24) is 4.90 Å². The highest BCUT2D eigenvalue weighted by atomic mass is 16.5. The normalized spacial score (nSPS) is 14.5. The molecule has 0 bridgehead atoms. The first-order chi connectivity index (χ1) is 11.6. The molecule has 1 aliphatic rings. The summed E-state index contributed by atoms with van der Waals surface area (Å²) in [6.07, 6.45) is 2.67. The summed E-state index contributed by atoms with van der Waals surface area (Å²) in [7, 11) is 4.83. The molecule has 1 amide bonds. The van der Waals surface area contributed by atoms with Crippen molar-refractivity contribution in [1.29, 1.82) is 0 Å². The second-order valence-electron chi connectivity index (χ2n) is 5.85. The Kier molecular flexibility index (Phi) is 6.58. The lowest BCUT2D eigenvalue weighted by atomic mass is 10.2. The van der Waals surface area contributed by atoms with E-state index in [1.54, 1.807) is 21.3 Å². The summed E-state index contributed by atoms with van der Waals surface area (Å²) >= 11 is 0. The fraction of sp³-hybridized carbons (Fsp3) is 0.611. The van der Waals surface area contributed by atoms with Crippen LogP contribution in [0, 0.1) is 0 Å². The van der Waals surface area contributed by atoms with Crippen molar-refractivity contribution in [3.05, 3.63) is 12.1 Å². The van der Waals surface area contributed by atoms with Crippen LogP contribution in [0.1, 0.15) is 26.2 Å². The lowest BCUT2D eigenvalue weighted by Gasteiger charge is -2.36. The van der Waals surface area contributed by atoms with E-state index in [1.807, 2.05) is 17.0 Å². The van der Waals surface area contributed by atoms with Crippen molar-refractivity contribution in [3.8, 4) is 17.2 Å². The van der Waals surface area contributed by atoms with Crippen LogP contribution < -0.4 is 19.1 Å². The molecule has 1 heterocycles. The number of ether oxygens (including phenoxy) is 3. The first-order valence-electron chi connectivity index (χ1n) is 8.47. The summed E-state index contributed by atoms with van der Waals surface area (Å²) in [6.45, 7) is 5.21. The van der Waals surface area contributed by atoms with E-state index < -0.39 is 0 Å². The smallest absolute Gasteiger partial charge is 0.222 e. The highest BCUT2D eigenvalue weighted by Crippen LogP contribution is 2.41. The van der Waals surface area contributed by atoms with Crippen molar-refractivity contribution in [3.63, 3.8) is 0 Å². The molecule has 1 aromatic carbocycles. The number of hydrogen-bond acceptors (Lipinski definition) is 5. The summed E-state index contributed by atoms with van der Waals surface area (Å²) in [4.78, 5) is 16.3. The van der Waals surface area contributed by atoms with Gasteiger partial charge in [0.1, 0.15) is 0 Å². The van der Waals surface area contributed by atoms with Crippen LogP contribution in [-0.4, -0.2) is 58.3 Å². The maximum Gasteiger partial charge on any atom is 0.222 e. The van der Waals surface area contributed by atoms with Gasteiger partial charge in [-0.3, -0.25) is 4.79 Å². The number of carbonyl (C=O) groups excluding carboxylic acids is 1. The van der Waals surface area contributed by atoms with Gasteiger partial charge in [0.05, 0.1) is 21.3 Å². The predicted molar refractivity (Wildman–Crippen MR) is 94.4 cm³/mol. The van der Waals surface area contributed by atoms with E-state index >= 15 is 0 Å². The molecule has 6 nitrogen and oxygen atoms in total. The summed E-state index contributed by atoms with van der Waals surface area (Å²) < 4.78 is 16.2. The molecule has 0 atom stereocenters. The van der Waals surface area contributed by atoms with E-state index in [1.165, 1.54) is 0 Å². The van der Waals surface area contributed by atoms with Crippen LogP contribution in [0.3, 0.4) is 0 Å². The Morgan fingerprint density at radius 1 is 1.00 bits per heavy atom.